The van der Waals surface area contributed by atoms with Gasteiger partial charge in [0.2, 0.25) is 10.0 Å². The van der Waals surface area contributed by atoms with Gasteiger partial charge in [0.15, 0.2) is 0 Å². The van der Waals surface area contributed by atoms with E-state index in [9.17, 15) is 18.5 Å². The lowest BCUT2D eigenvalue weighted by Gasteiger charge is -2.20. The molecule has 9 heteroatoms. The Morgan fingerprint density at radius 2 is 1.92 bits per heavy atom. The van der Waals surface area contributed by atoms with Crippen molar-refractivity contribution in [2.75, 3.05) is 23.3 Å². The summed E-state index contributed by atoms with van der Waals surface area (Å²) >= 11 is 0. The standard InChI is InChI=1S/C16H18N4O4S/c17-25(23,24)16-9-14(8-15(10-16)20(21)22)19-7-6-13(11-19)18-12-4-2-1-3-5-12/h1-5,8-10,13,18H,6-7,11H2,(H2,17,23,24). The Bertz CT molecular complexity index is 886. The summed E-state index contributed by atoms with van der Waals surface area (Å²) in [5.74, 6) is 0. The topological polar surface area (TPSA) is 119 Å². The van der Waals surface area contributed by atoms with E-state index in [1.165, 1.54) is 12.1 Å². The van der Waals surface area contributed by atoms with Crippen LogP contribution in [0, 0.1) is 10.1 Å². The van der Waals surface area contributed by atoms with Gasteiger partial charge in [0.25, 0.3) is 5.69 Å². The summed E-state index contributed by atoms with van der Waals surface area (Å²) in [4.78, 5) is 12.1. The molecule has 0 bridgehead atoms. The third-order valence-electron chi connectivity index (χ3n) is 4.11. The third-order valence-corrected chi connectivity index (χ3v) is 5.01. The second-order valence-corrected chi connectivity index (χ2v) is 7.49. The average molecular weight is 362 g/mol. The highest BCUT2D eigenvalue weighted by atomic mass is 32.2. The van der Waals surface area contributed by atoms with E-state index in [4.69, 9.17) is 5.14 Å². The number of hydrogen-bond donors (Lipinski definition) is 2. The Labute approximate surface area is 145 Å². The zero-order valence-electron chi connectivity index (χ0n) is 13.3. The molecule has 3 rings (SSSR count). The van der Waals surface area contributed by atoms with Gasteiger partial charge in [-0.1, -0.05) is 18.2 Å². The number of rotatable bonds is 5. The van der Waals surface area contributed by atoms with Crippen molar-refractivity contribution >= 4 is 27.1 Å². The van der Waals surface area contributed by atoms with Crippen molar-refractivity contribution in [2.24, 2.45) is 5.14 Å². The predicted molar refractivity (Wildman–Crippen MR) is 95.2 cm³/mol. The van der Waals surface area contributed by atoms with Gasteiger partial charge < -0.3 is 10.2 Å². The average Bonchev–Trinajstić information content (AvgIpc) is 3.03. The quantitative estimate of drug-likeness (QED) is 0.620. The number of benzene rings is 2. The molecule has 1 saturated heterocycles. The molecule has 0 aliphatic carbocycles. The minimum absolute atomic E-state index is 0.166. The number of nitrogens with zero attached hydrogens (tertiary/aromatic N) is 2. The normalized spacial score (nSPS) is 17.5. The molecule has 0 spiro atoms. The van der Waals surface area contributed by atoms with Crippen LogP contribution in [0.1, 0.15) is 6.42 Å². The fourth-order valence-corrected chi connectivity index (χ4v) is 3.47. The van der Waals surface area contributed by atoms with Gasteiger partial charge in [-0.2, -0.15) is 0 Å². The number of sulfonamides is 1. The molecule has 1 unspecified atom stereocenters. The van der Waals surface area contributed by atoms with Gasteiger partial charge in [0.1, 0.15) is 0 Å². The van der Waals surface area contributed by atoms with Crippen molar-refractivity contribution < 1.29 is 13.3 Å². The molecule has 0 radical (unpaired) electrons. The van der Waals surface area contributed by atoms with Crippen LogP contribution in [0.2, 0.25) is 0 Å². The summed E-state index contributed by atoms with van der Waals surface area (Å²) in [5.41, 5.74) is 1.19. The lowest BCUT2D eigenvalue weighted by Crippen LogP contribution is -2.26. The maximum Gasteiger partial charge on any atom is 0.272 e. The van der Waals surface area contributed by atoms with E-state index < -0.39 is 14.9 Å². The molecule has 25 heavy (non-hydrogen) atoms. The number of hydrogen-bond acceptors (Lipinski definition) is 6. The highest BCUT2D eigenvalue weighted by molar-refractivity contribution is 7.89. The Morgan fingerprint density at radius 3 is 2.56 bits per heavy atom. The van der Waals surface area contributed by atoms with Crippen LogP contribution in [0.4, 0.5) is 17.1 Å². The van der Waals surface area contributed by atoms with E-state index >= 15 is 0 Å². The molecule has 1 aliphatic heterocycles. The fourth-order valence-electron chi connectivity index (χ4n) is 2.90. The van der Waals surface area contributed by atoms with Crippen molar-refractivity contribution in [1.82, 2.24) is 0 Å². The van der Waals surface area contributed by atoms with Crippen LogP contribution in [0.15, 0.2) is 53.4 Å². The van der Waals surface area contributed by atoms with Gasteiger partial charge in [-0.25, -0.2) is 13.6 Å². The van der Waals surface area contributed by atoms with E-state index in [0.717, 1.165) is 18.2 Å². The summed E-state index contributed by atoms with van der Waals surface area (Å²) in [5, 5.41) is 19.6. The first kappa shape index (κ1) is 17.2. The molecule has 8 nitrogen and oxygen atoms in total. The van der Waals surface area contributed by atoms with Crippen molar-refractivity contribution in [1.29, 1.82) is 0 Å². The Balaban J connectivity index is 1.82. The van der Waals surface area contributed by atoms with E-state index in [2.05, 4.69) is 5.32 Å². The van der Waals surface area contributed by atoms with Crippen LogP contribution in [-0.4, -0.2) is 32.5 Å². The number of nitrogens with two attached hydrogens (primary N) is 1. The molecule has 3 N–H and O–H groups in total. The second kappa shape index (κ2) is 6.69. The minimum atomic E-state index is -4.02. The van der Waals surface area contributed by atoms with Crippen molar-refractivity contribution in [3.05, 3.63) is 58.6 Å². The number of anilines is 2. The van der Waals surface area contributed by atoms with Gasteiger partial charge in [-0.15, -0.1) is 0 Å². The maximum absolute atomic E-state index is 11.6. The number of nitro benzene ring substituents is 1. The maximum atomic E-state index is 11.6. The number of primary sulfonamides is 1. The molecule has 2 aromatic rings. The zero-order valence-corrected chi connectivity index (χ0v) is 14.1. The SMILES string of the molecule is NS(=O)(=O)c1cc(N2CCC(Nc3ccccc3)C2)cc([N+](=O)[O-])c1. The lowest BCUT2D eigenvalue weighted by atomic mass is 10.2. The van der Waals surface area contributed by atoms with E-state index in [1.807, 2.05) is 35.2 Å². The fraction of sp³-hybridized carbons (Fsp3) is 0.250. The molecule has 1 aliphatic rings. The van der Waals surface area contributed by atoms with E-state index in [0.29, 0.717) is 18.8 Å². The first-order valence-electron chi connectivity index (χ1n) is 7.72. The molecule has 0 saturated carbocycles. The van der Waals surface area contributed by atoms with Crippen LogP contribution < -0.4 is 15.4 Å². The molecular formula is C16H18N4O4S. The number of nitro groups is 1. The highest BCUT2D eigenvalue weighted by Crippen LogP contribution is 2.29. The Kier molecular flexibility index (Phi) is 4.60. The molecule has 1 atom stereocenters. The van der Waals surface area contributed by atoms with Crippen molar-refractivity contribution in [2.45, 2.75) is 17.4 Å². The largest absolute Gasteiger partial charge is 0.380 e. The molecule has 2 aromatic carbocycles. The van der Waals surface area contributed by atoms with Gasteiger partial charge >= 0.3 is 0 Å². The monoisotopic (exact) mass is 362 g/mol. The molecule has 1 heterocycles. The number of non-ortho nitro benzene ring substituents is 1. The molecular weight excluding hydrogens is 344 g/mol. The van der Waals surface area contributed by atoms with Crippen LogP contribution in [0.5, 0.6) is 0 Å². The summed E-state index contributed by atoms with van der Waals surface area (Å²) in [6.45, 7) is 1.27. The smallest absolute Gasteiger partial charge is 0.272 e. The Morgan fingerprint density at radius 1 is 1.20 bits per heavy atom. The highest BCUT2D eigenvalue weighted by Gasteiger charge is 2.25. The van der Waals surface area contributed by atoms with Gasteiger partial charge in [-0.05, 0) is 24.6 Å². The van der Waals surface area contributed by atoms with Gasteiger partial charge in [-0.3, -0.25) is 10.1 Å². The number of nitrogens with one attached hydrogen (secondary N) is 1. The minimum Gasteiger partial charge on any atom is -0.380 e. The van der Waals surface area contributed by atoms with Crippen molar-refractivity contribution in [3.8, 4) is 0 Å². The third kappa shape index (κ3) is 4.06. The zero-order chi connectivity index (χ0) is 18.0. The van der Waals surface area contributed by atoms with Gasteiger partial charge in [0, 0.05) is 42.6 Å². The van der Waals surface area contributed by atoms with Crippen molar-refractivity contribution in [3.63, 3.8) is 0 Å². The van der Waals surface area contributed by atoms with Crippen LogP contribution in [-0.2, 0) is 10.0 Å². The van der Waals surface area contributed by atoms with Crippen LogP contribution in [0.25, 0.3) is 0 Å². The number of para-hydroxylation sites is 1. The van der Waals surface area contributed by atoms with Crippen LogP contribution in [0.3, 0.4) is 0 Å². The van der Waals surface area contributed by atoms with E-state index in [1.54, 1.807) is 0 Å². The van der Waals surface area contributed by atoms with Crippen LogP contribution >= 0.6 is 0 Å². The molecule has 0 amide bonds. The lowest BCUT2D eigenvalue weighted by molar-refractivity contribution is -0.385. The van der Waals surface area contributed by atoms with E-state index in [-0.39, 0.29) is 16.6 Å². The Hall–Kier alpha value is -2.65. The first-order chi connectivity index (χ1) is 11.8. The molecule has 1 fully saturated rings. The molecule has 0 aromatic heterocycles. The summed E-state index contributed by atoms with van der Waals surface area (Å²) in [7, 11) is -4.02. The first-order valence-corrected chi connectivity index (χ1v) is 9.26. The summed E-state index contributed by atoms with van der Waals surface area (Å²) < 4.78 is 23.2. The predicted octanol–water partition coefficient (Wildman–Crippen LogP) is 1.93. The summed E-state index contributed by atoms with van der Waals surface area (Å²) in [6, 6.07) is 13.7. The second-order valence-electron chi connectivity index (χ2n) is 5.93. The molecule has 132 valence electrons. The summed E-state index contributed by atoms with van der Waals surface area (Å²) in [6.07, 6.45) is 0.836. The van der Waals surface area contributed by atoms with Gasteiger partial charge in [0.05, 0.1) is 9.82 Å².